The Morgan fingerprint density at radius 3 is 2.64 bits per heavy atom. The molecule has 0 fully saturated rings. The number of rotatable bonds is 5. The fourth-order valence-electron chi connectivity index (χ4n) is 2.23. The number of phenolic OH excluding ortho intramolecular Hbond substituents is 1. The Morgan fingerprint density at radius 1 is 1.20 bits per heavy atom. The standard InChI is InChI=1S/C16H16N6O3/c17-13-11(2-1-7-18-13)8-19-14-20-15(24)22(16(25)21-14)9-10-3-5-12(23)6-4-10/h1-7,23H,8-9H2,(H2,17,18)(H2,19,20,21,24,25). The zero-order chi connectivity index (χ0) is 17.8. The van der Waals surface area contributed by atoms with Crippen LogP contribution in [0.4, 0.5) is 11.8 Å². The largest absolute Gasteiger partial charge is 0.508 e. The second-order valence-electron chi connectivity index (χ2n) is 5.33. The number of hydrogen-bond donors (Lipinski definition) is 4. The van der Waals surface area contributed by atoms with Crippen molar-refractivity contribution >= 4 is 11.8 Å². The van der Waals surface area contributed by atoms with Gasteiger partial charge in [-0.2, -0.15) is 4.98 Å². The third-order valence-electron chi connectivity index (χ3n) is 3.56. The van der Waals surface area contributed by atoms with E-state index in [0.29, 0.717) is 11.4 Å². The Morgan fingerprint density at radius 2 is 1.96 bits per heavy atom. The van der Waals surface area contributed by atoms with Gasteiger partial charge in [-0.15, -0.1) is 0 Å². The van der Waals surface area contributed by atoms with Crippen LogP contribution >= 0.6 is 0 Å². The van der Waals surface area contributed by atoms with E-state index in [9.17, 15) is 14.7 Å². The van der Waals surface area contributed by atoms with E-state index < -0.39 is 11.4 Å². The molecule has 9 heteroatoms. The summed E-state index contributed by atoms with van der Waals surface area (Å²) in [6.07, 6.45) is 1.57. The fraction of sp³-hybridized carbons (Fsp3) is 0.125. The van der Waals surface area contributed by atoms with E-state index in [1.54, 1.807) is 30.5 Å². The number of aromatic nitrogens is 4. The lowest BCUT2D eigenvalue weighted by atomic mass is 10.2. The van der Waals surface area contributed by atoms with Crippen molar-refractivity contribution in [1.29, 1.82) is 0 Å². The number of nitrogen functional groups attached to an aromatic ring is 1. The van der Waals surface area contributed by atoms with Gasteiger partial charge in [0, 0.05) is 18.3 Å². The van der Waals surface area contributed by atoms with E-state index in [-0.39, 0.29) is 24.8 Å². The van der Waals surface area contributed by atoms with Crippen LogP contribution in [0.2, 0.25) is 0 Å². The van der Waals surface area contributed by atoms with Crippen molar-refractivity contribution in [3.63, 3.8) is 0 Å². The van der Waals surface area contributed by atoms with Gasteiger partial charge >= 0.3 is 11.4 Å². The van der Waals surface area contributed by atoms with Crippen molar-refractivity contribution in [2.45, 2.75) is 13.1 Å². The number of anilines is 2. The second-order valence-corrected chi connectivity index (χ2v) is 5.33. The van der Waals surface area contributed by atoms with E-state index in [4.69, 9.17) is 5.73 Å². The lowest BCUT2D eigenvalue weighted by molar-refractivity contribution is 0.475. The van der Waals surface area contributed by atoms with Crippen molar-refractivity contribution in [2.24, 2.45) is 0 Å². The smallest absolute Gasteiger partial charge is 0.355 e. The third kappa shape index (κ3) is 3.83. The maximum absolute atomic E-state index is 12.2. The van der Waals surface area contributed by atoms with Crippen LogP contribution in [0.5, 0.6) is 5.75 Å². The Labute approximate surface area is 141 Å². The SMILES string of the molecule is Nc1ncccc1CNc1nc(=O)n(Cc2ccc(O)cc2)c(=O)[nH]1. The van der Waals surface area contributed by atoms with Crippen LogP contribution in [-0.2, 0) is 13.1 Å². The minimum atomic E-state index is -0.682. The Balaban J connectivity index is 1.78. The fourth-order valence-corrected chi connectivity index (χ4v) is 2.23. The number of nitrogens with two attached hydrogens (primary N) is 1. The van der Waals surface area contributed by atoms with Crippen LogP contribution in [0, 0.1) is 0 Å². The number of pyridine rings is 1. The number of benzene rings is 1. The van der Waals surface area contributed by atoms with E-state index in [1.807, 2.05) is 0 Å². The van der Waals surface area contributed by atoms with Gasteiger partial charge in [-0.1, -0.05) is 18.2 Å². The van der Waals surface area contributed by atoms with Crippen molar-refractivity contribution < 1.29 is 5.11 Å². The molecule has 0 amide bonds. The first-order valence-corrected chi connectivity index (χ1v) is 7.45. The first kappa shape index (κ1) is 16.2. The molecular formula is C16H16N6O3. The summed E-state index contributed by atoms with van der Waals surface area (Å²) in [7, 11) is 0. The molecule has 0 aliphatic carbocycles. The molecule has 2 heterocycles. The molecule has 0 aliphatic rings. The van der Waals surface area contributed by atoms with E-state index in [2.05, 4.69) is 20.3 Å². The third-order valence-corrected chi connectivity index (χ3v) is 3.56. The highest BCUT2D eigenvalue weighted by molar-refractivity contribution is 5.40. The van der Waals surface area contributed by atoms with Crippen LogP contribution < -0.4 is 22.4 Å². The minimum absolute atomic E-state index is 0.0529. The van der Waals surface area contributed by atoms with Gasteiger partial charge in [-0.3, -0.25) is 4.98 Å². The molecule has 128 valence electrons. The summed E-state index contributed by atoms with van der Waals surface area (Å²) in [4.78, 5) is 34.6. The van der Waals surface area contributed by atoms with Crippen LogP contribution in [0.3, 0.4) is 0 Å². The summed E-state index contributed by atoms with van der Waals surface area (Å²) in [5.41, 5.74) is 5.88. The zero-order valence-electron chi connectivity index (χ0n) is 13.1. The molecule has 25 heavy (non-hydrogen) atoms. The molecule has 0 aliphatic heterocycles. The zero-order valence-corrected chi connectivity index (χ0v) is 13.1. The van der Waals surface area contributed by atoms with Crippen molar-refractivity contribution in [1.82, 2.24) is 19.5 Å². The molecule has 0 radical (unpaired) electrons. The first-order chi connectivity index (χ1) is 12.0. The minimum Gasteiger partial charge on any atom is -0.508 e. The van der Waals surface area contributed by atoms with E-state index in [1.165, 1.54) is 12.1 Å². The monoisotopic (exact) mass is 340 g/mol. The Hall–Kier alpha value is -3.62. The molecule has 0 saturated heterocycles. The Bertz CT molecular complexity index is 962. The van der Waals surface area contributed by atoms with Gasteiger partial charge in [0.1, 0.15) is 11.6 Å². The molecule has 2 aromatic heterocycles. The lowest BCUT2D eigenvalue weighted by Crippen LogP contribution is -2.38. The predicted molar refractivity (Wildman–Crippen MR) is 92.3 cm³/mol. The summed E-state index contributed by atoms with van der Waals surface area (Å²) in [5.74, 6) is 0.524. The van der Waals surface area contributed by atoms with Gasteiger partial charge in [-0.25, -0.2) is 19.1 Å². The molecule has 9 nitrogen and oxygen atoms in total. The number of hydrogen-bond acceptors (Lipinski definition) is 7. The van der Waals surface area contributed by atoms with Crippen LogP contribution in [0.25, 0.3) is 0 Å². The molecule has 5 N–H and O–H groups in total. The summed E-state index contributed by atoms with van der Waals surface area (Å²) < 4.78 is 0.968. The average Bonchev–Trinajstić information content (AvgIpc) is 2.59. The highest BCUT2D eigenvalue weighted by atomic mass is 16.3. The molecule has 3 aromatic rings. The lowest BCUT2D eigenvalue weighted by Gasteiger charge is -2.08. The maximum Gasteiger partial charge on any atom is 0.355 e. The maximum atomic E-state index is 12.2. The van der Waals surface area contributed by atoms with E-state index >= 15 is 0 Å². The summed E-state index contributed by atoms with van der Waals surface area (Å²) in [6.45, 7) is 0.321. The molecule has 0 spiro atoms. The van der Waals surface area contributed by atoms with Gasteiger partial charge in [0.15, 0.2) is 0 Å². The number of aromatic hydroxyl groups is 1. The molecule has 0 saturated carbocycles. The number of phenols is 1. The van der Waals surface area contributed by atoms with Crippen LogP contribution in [0.15, 0.2) is 52.2 Å². The number of aromatic amines is 1. The van der Waals surface area contributed by atoms with Gasteiger partial charge < -0.3 is 16.2 Å². The molecular weight excluding hydrogens is 324 g/mol. The van der Waals surface area contributed by atoms with Crippen molar-refractivity contribution in [3.05, 3.63) is 74.7 Å². The summed E-state index contributed by atoms with van der Waals surface area (Å²) in [6, 6.07) is 9.72. The summed E-state index contributed by atoms with van der Waals surface area (Å²) in [5, 5.41) is 12.1. The van der Waals surface area contributed by atoms with Crippen LogP contribution in [-0.4, -0.2) is 24.6 Å². The number of H-pyrrole nitrogens is 1. The molecule has 3 rings (SSSR count). The Kier molecular flexibility index (Phi) is 4.46. The summed E-state index contributed by atoms with van der Waals surface area (Å²) >= 11 is 0. The molecule has 0 bridgehead atoms. The highest BCUT2D eigenvalue weighted by Gasteiger charge is 2.08. The van der Waals surface area contributed by atoms with Gasteiger partial charge in [0.25, 0.3) is 0 Å². The molecule has 0 unspecified atom stereocenters. The molecule has 1 aromatic carbocycles. The van der Waals surface area contributed by atoms with Crippen LogP contribution in [0.1, 0.15) is 11.1 Å². The van der Waals surface area contributed by atoms with Gasteiger partial charge in [0.05, 0.1) is 6.54 Å². The quantitative estimate of drug-likeness (QED) is 0.523. The first-order valence-electron chi connectivity index (χ1n) is 7.45. The van der Waals surface area contributed by atoms with Gasteiger partial charge in [-0.05, 0) is 23.8 Å². The predicted octanol–water partition coefficient (Wildman–Crippen LogP) is 0.275. The van der Waals surface area contributed by atoms with E-state index in [0.717, 1.165) is 10.1 Å². The normalized spacial score (nSPS) is 10.6. The van der Waals surface area contributed by atoms with Crippen molar-refractivity contribution in [2.75, 3.05) is 11.1 Å². The van der Waals surface area contributed by atoms with Crippen molar-refractivity contribution in [3.8, 4) is 5.75 Å². The highest BCUT2D eigenvalue weighted by Crippen LogP contribution is 2.10. The average molecular weight is 340 g/mol. The number of nitrogens with one attached hydrogen (secondary N) is 2. The molecule has 0 atom stereocenters. The second kappa shape index (κ2) is 6.87. The topological polar surface area (TPSA) is 139 Å². The van der Waals surface area contributed by atoms with Gasteiger partial charge in [0.2, 0.25) is 5.95 Å². The number of nitrogens with zero attached hydrogens (tertiary/aromatic N) is 3.